The van der Waals surface area contributed by atoms with E-state index in [0.717, 1.165) is 37.7 Å². The maximum absolute atomic E-state index is 13.4. The third kappa shape index (κ3) is 6.78. The molecule has 198 valence electrons. The fourth-order valence-corrected chi connectivity index (χ4v) is 5.22. The maximum Gasteiger partial charge on any atom is 0.327 e. The monoisotopic (exact) mass is 508 g/mol. The number of aryl methyl sites for hydroxylation is 1. The number of amides is 5. The van der Waals surface area contributed by atoms with Crippen molar-refractivity contribution < 1.29 is 23.6 Å². The van der Waals surface area contributed by atoms with E-state index in [0.29, 0.717) is 37.3 Å². The molecule has 1 aromatic carbocycles. The number of unbranched alkanes of at least 4 members (excludes halogenated alkanes) is 1. The van der Waals surface area contributed by atoms with Crippen molar-refractivity contribution in [3.8, 4) is 0 Å². The summed E-state index contributed by atoms with van der Waals surface area (Å²) in [6, 6.07) is 10.6. The highest BCUT2D eigenvalue weighted by Crippen LogP contribution is 2.34. The lowest BCUT2D eigenvalue weighted by molar-refractivity contribution is -0.141. The molecular weight excluding hydrogens is 472 g/mol. The Hall–Kier alpha value is -3.62. The first-order valence-electron chi connectivity index (χ1n) is 13.3. The number of carbonyl (C=O) groups excluding carboxylic acids is 4. The molecule has 37 heavy (non-hydrogen) atoms. The first-order chi connectivity index (χ1) is 18.0. The summed E-state index contributed by atoms with van der Waals surface area (Å²) in [6.45, 7) is 2.53. The number of fused-ring (bicyclic) bond motifs is 1. The number of anilines is 1. The molecule has 1 saturated carbocycles. The molecule has 2 aromatic rings. The van der Waals surface area contributed by atoms with E-state index >= 15 is 0 Å². The summed E-state index contributed by atoms with van der Waals surface area (Å²) >= 11 is 0. The fourth-order valence-electron chi connectivity index (χ4n) is 5.22. The molecule has 0 radical (unpaired) electrons. The van der Waals surface area contributed by atoms with Crippen LogP contribution in [-0.4, -0.2) is 52.7 Å². The lowest BCUT2D eigenvalue weighted by Crippen LogP contribution is -2.63. The highest BCUT2D eigenvalue weighted by molar-refractivity contribution is 6.01. The second-order valence-corrected chi connectivity index (χ2v) is 9.77. The van der Waals surface area contributed by atoms with Crippen LogP contribution in [-0.2, 0) is 27.3 Å². The first kappa shape index (κ1) is 26.4. The van der Waals surface area contributed by atoms with E-state index in [1.807, 2.05) is 24.3 Å². The molecule has 2 atom stereocenters. The number of imide groups is 1. The summed E-state index contributed by atoms with van der Waals surface area (Å²) in [5, 5.41) is 5.71. The summed E-state index contributed by atoms with van der Waals surface area (Å²) in [7, 11) is 0. The lowest BCUT2D eigenvalue weighted by atomic mass is 9.81. The van der Waals surface area contributed by atoms with Crippen LogP contribution in [0.2, 0.25) is 0 Å². The molecule has 9 heteroatoms. The van der Waals surface area contributed by atoms with Gasteiger partial charge in [0, 0.05) is 24.7 Å². The fraction of sp³-hybridized carbons (Fsp3) is 0.500. The van der Waals surface area contributed by atoms with Crippen molar-refractivity contribution in [2.45, 2.75) is 70.9 Å². The molecule has 2 heterocycles. The van der Waals surface area contributed by atoms with Crippen molar-refractivity contribution in [1.29, 1.82) is 0 Å². The van der Waals surface area contributed by atoms with Crippen LogP contribution in [0.4, 0.5) is 10.5 Å². The summed E-state index contributed by atoms with van der Waals surface area (Å²) in [5.41, 5.74) is 1.82. The lowest BCUT2D eigenvalue weighted by Gasteiger charge is -2.46. The van der Waals surface area contributed by atoms with Gasteiger partial charge < -0.3 is 20.0 Å². The molecular formula is C28H36N4O5. The molecule has 2 fully saturated rings. The highest BCUT2D eigenvalue weighted by Gasteiger charge is 2.47. The van der Waals surface area contributed by atoms with Gasteiger partial charge in [-0.3, -0.25) is 19.3 Å². The van der Waals surface area contributed by atoms with Gasteiger partial charge in [-0.15, -0.1) is 0 Å². The average Bonchev–Trinajstić information content (AvgIpc) is 3.43. The van der Waals surface area contributed by atoms with Crippen LogP contribution in [0.15, 0.2) is 47.1 Å². The van der Waals surface area contributed by atoms with Gasteiger partial charge >= 0.3 is 6.03 Å². The number of nitrogens with one attached hydrogen (secondary N) is 2. The molecule has 1 aliphatic heterocycles. The molecule has 2 N–H and O–H groups in total. The maximum atomic E-state index is 13.4. The summed E-state index contributed by atoms with van der Waals surface area (Å²) in [6.07, 6.45) is 7.11. The topological polar surface area (TPSA) is 112 Å². The predicted molar refractivity (Wildman–Crippen MR) is 138 cm³/mol. The molecule has 4 rings (SSSR count). The van der Waals surface area contributed by atoms with E-state index in [1.54, 1.807) is 23.3 Å². The number of urea groups is 1. The Morgan fingerprint density at radius 2 is 1.89 bits per heavy atom. The normalized spacial score (nSPS) is 19.5. The number of hydrogen-bond donors (Lipinski definition) is 2. The van der Waals surface area contributed by atoms with Gasteiger partial charge in [-0.05, 0) is 61.9 Å². The molecule has 0 spiro atoms. The van der Waals surface area contributed by atoms with Gasteiger partial charge in [-0.1, -0.05) is 31.9 Å². The van der Waals surface area contributed by atoms with Crippen LogP contribution in [0.25, 0.3) is 0 Å². The molecule has 2 aliphatic rings. The molecule has 1 aliphatic carbocycles. The van der Waals surface area contributed by atoms with Gasteiger partial charge in [-0.25, -0.2) is 4.79 Å². The van der Waals surface area contributed by atoms with E-state index in [1.165, 1.54) is 4.90 Å². The molecule has 0 bridgehead atoms. The molecule has 9 nitrogen and oxygen atoms in total. The molecule has 1 aromatic heterocycles. The first-order valence-corrected chi connectivity index (χ1v) is 13.3. The minimum absolute atomic E-state index is 0.0880. The van der Waals surface area contributed by atoms with E-state index in [4.69, 9.17) is 4.42 Å². The average molecular weight is 509 g/mol. The second kappa shape index (κ2) is 12.6. The summed E-state index contributed by atoms with van der Waals surface area (Å²) in [4.78, 5) is 54.5. The van der Waals surface area contributed by atoms with Crippen LogP contribution in [0, 0.1) is 5.92 Å². The predicted octanol–water partition coefficient (Wildman–Crippen LogP) is 4.09. The quantitative estimate of drug-likeness (QED) is 0.444. The van der Waals surface area contributed by atoms with Gasteiger partial charge in [0.1, 0.15) is 12.3 Å². The Kier molecular flexibility index (Phi) is 8.98. The van der Waals surface area contributed by atoms with Crippen LogP contribution in [0.5, 0.6) is 0 Å². The van der Waals surface area contributed by atoms with E-state index in [9.17, 15) is 19.2 Å². The molecule has 5 amide bonds. The van der Waals surface area contributed by atoms with Crippen LogP contribution >= 0.6 is 0 Å². The summed E-state index contributed by atoms with van der Waals surface area (Å²) in [5.74, 6) is -0.121. The van der Waals surface area contributed by atoms with Crippen molar-refractivity contribution in [2.75, 3.05) is 18.4 Å². The minimum atomic E-state index is -0.409. The van der Waals surface area contributed by atoms with Crippen molar-refractivity contribution in [1.82, 2.24) is 15.1 Å². The highest BCUT2D eigenvalue weighted by atomic mass is 16.3. The van der Waals surface area contributed by atoms with Crippen molar-refractivity contribution in [3.05, 3.63) is 54.0 Å². The number of rotatable bonds is 11. The van der Waals surface area contributed by atoms with Gasteiger partial charge in [-0.2, -0.15) is 0 Å². The van der Waals surface area contributed by atoms with Gasteiger partial charge in [0.05, 0.1) is 18.7 Å². The third-order valence-corrected chi connectivity index (χ3v) is 7.20. The standard InChI is InChI=1S/C28H36N4O5/c1-2-20-9-7-10-21(17-20)30-26(34)19-32-24-13-4-3-12-23(24)27(35)31(28(32)36)15-6-5-14-25(33)29-18-22-11-8-16-37-22/h7-11,16-17,23-24H,2-6,12-15,18-19H2,1H3,(H,29,33)(H,30,34). The largest absolute Gasteiger partial charge is 0.467 e. The Labute approximate surface area is 217 Å². The number of benzene rings is 1. The van der Waals surface area contributed by atoms with Gasteiger partial charge in [0.15, 0.2) is 0 Å². The van der Waals surface area contributed by atoms with Crippen LogP contribution in [0.3, 0.4) is 0 Å². The Balaban J connectivity index is 1.32. The van der Waals surface area contributed by atoms with Crippen LogP contribution in [0.1, 0.15) is 63.2 Å². The zero-order valence-corrected chi connectivity index (χ0v) is 21.4. The van der Waals surface area contributed by atoms with Crippen LogP contribution < -0.4 is 10.6 Å². The van der Waals surface area contributed by atoms with E-state index in [2.05, 4.69) is 17.6 Å². The smallest absolute Gasteiger partial charge is 0.327 e. The minimum Gasteiger partial charge on any atom is -0.467 e. The number of hydrogen-bond acceptors (Lipinski definition) is 5. The Bertz CT molecular complexity index is 1100. The van der Waals surface area contributed by atoms with Gasteiger partial charge in [0.25, 0.3) is 0 Å². The third-order valence-electron chi connectivity index (χ3n) is 7.20. The van der Waals surface area contributed by atoms with Crippen molar-refractivity contribution in [3.63, 3.8) is 0 Å². The van der Waals surface area contributed by atoms with Crippen molar-refractivity contribution >= 4 is 29.4 Å². The summed E-state index contributed by atoms with van der Waals surface area (Å²) < 4.78 is 5.21. The Morgan fingerprint density at radius 3 is 2.68 bits per heavy atom. The SMILES string of the molecule is CCc1cccc(NC(=O)CN2C(=O)N(CCCCC(=O)NCc3ccco3)C(=O)C3CCCCC32)c1. The van der Waals surface area contributed by atoms with Gasteiger partial charge in [0.2, 0.25) is 17.7 Å². The number of furan rings is 1. The zero-order valence-electron chi connectivity index (χ0n) is 21.4. The van der Waals surface area contributed by atoms with Crippen molar-refractivity contribution in [2.24, 2.45) is 5.92 Å². The molecule has 2 unspecified atom stereocenters. The molecule has 1 saturated heterocycles. The Morgan fingerprint density at radius 1 is 1.05 bits per heavy atom. The zero-order chi connectivity index (χ0) is 26.2. The second-order valence-electron chi connectivity index (χ2n) is 9.77. The van der Waals surface area contributed by atoms with E-state index < -0.39 is 6.03 Å². The number of carbonyl (C=O) groups is 4. The number of nitrogens with zero attached hydrogens (tertiary/aromatic N) is 2. The van der Waals surface area contributed by atoms with E-state index in [-0.39, 0.29) is 42.8 Å².